The lowest BCUT2D eigenvalue weighted by atomic mass is 10.3. The van der Waals surface area contributed by atoms with Crippen molar-refractivity contribution in [2.45, 2.75) is 19.9 Å². The van der Waals surface area contributed by atoms with Crippen molar-refractivity contribution in [2.75, 3.05) is 20.1 Å². The van der Waals surface area contributed by atoms with Gasteiger partial charge in [-0.05, 0) is 20.5 Å². The summed E-state index contributed by atoms with van der Waals surface area (Å²) in [4.78, 5) is 6.16. The zero-order chi connectivity index (χ0) is 8.85. The lowest BCUT2D eigenvalue weighted by Gasteiger charge is -2.16. The molecule has 0 radical (unpaired) electrons. The molecule has 0 saturated heterocycles. The third-order valence-electron chi connectivity index (χ3n) is 1.49. The highest BCUT2D eigenvalue weighted by molar-refractivity contribution is 5.75. The van der Waals surface area contributed by atoms with Gasteiger partial charge in [-0.25, -0.2) is 4.99 Å². The van der Waals surface area contributed by atoms with Crippen molar-refractivity contribution < 1.29 is 0 Å². The second-order valence-electron chi connectivity index (χ2n) is 2.76. The maximum absolute atomic E-state index is 5.22. The van der Waals surface area contributed by atoms with Crippen LogP contribution in [-0.4, -0.2) is 37.0 Å². The Morgan fingerprint density at radius 3 is 2.45 bits per heavy atom. The van der Waals surface area contributed by atoms with E-state index < -0.39 is 0 Å². The van der Waals surface area contributed by atoms with Gasteiger partial charge in [0.1, 0.15) is 0 Å². The normalized spacial score (nSPS) is 13.1. The van der Waals surface area contributed by atoms with Crippen LogP contribution in [0.15, 0.2) is 4.99 Å². The quantitative estimate of drug-likeness (QED) is 0.432. The summed E-state index contributed by atoms with van der Waals surface area (Å²) in [7, 11) is 2.04. The fourth-order valence-electron chi connectivity index (χ4n) is 0.875. The van der Waals surface area contributed by atoms with Crippen LogP contribution in [0.3, 0.4) is 0 Å². The van der Waals surface area contributed by atoms with Crippen molar-refractivity contribution in [1.29, 1.82) is 0 Å². The Bertz CT molecular complexity index is 128. The Morgan fingerprint density at radius 1 is 1.55 bits per heavy atom. The van der Waals surface area contributed by atoms with Gasteiger partial charge in [-0.1, -0.05) is 6.92 Å². The summed E-state index contributed by atoms with van der Waals surface area (Å²) in [6.45, 7) is 6.01. The Hall–Kier alpha value is -0.770. The number of hydrogen-bond acceptors (Lipinski definition) is 2. The molecule has 11 heavy (non-hydrogen) atoms. The van der Waals surface area contributed by atoms with Gasteiger partial charge in [0.2, 0.25) is 0 Å². The summed E-state index contributed by atoms with van der Waals surface area (Å²) in [6, 6.07) is 0.185. The molecule has 66 valence electrons. The van der Waals surface area contributed by atoms with E-state index in [1.807, 2.05) is 14.0 Å². The molecule has 0 aliphatic carbocycles. The van der Waals surface area contributed by atoms with E-state index in [0.29, 0.717) is 0 Å². The van der Waals surface area contributed by atoms with Gasteiger partial charge in [0.05, 0.1) is 6.04 Å². The number of likely N-dealkylation sites (N-methyl/N-ethyl adjacent to an activating group) is 1. The number of nitrogens with zero attached hydrogens (tertiary/aromatic N) is 2. The monoisotopic (exact) mass is 158 g/mol. The predicted molar refractivity (Wildman–Crippen MR) is 48.4 cm³/mol. The van der Waals surface area contributed by atoms with Gasteiger partial charge in [-0.2, -0.15) is 0 Å². The summed E-state index contributed by atoms with van der Waals surface area (Å²) >= 11 is 0. The first-order valence-electron chi connectivity index (χ1n) is 3.83. The van der Waals surface area contributed by atoms with Crippen LogP contribution in [0.4, 0.5) is 0 Å². The first-order chi connectivity index (χ1) is 5.06. The molecule has 0 aliphatic rings. The Morgan fingerprint density at radius 2 is 2.09 bits per heavy atom. The van der Waals surface area contributed by atoms with Crippen LogP contribution in [0, 0.1) is 0 Å². The van der Waals surface area contributed by atoms with Crippen molar-refractivity contribution in [3.63, 3.8) is 0 Å². The number of nitrogens with two attached hydrogens (primary N) is 2. The van der Waals surface area contributed by atoms with Crippen LogP contribution in [0.1, 0.15) is 13.8 Å². The highest BCUT2D eigenvalue weighted by atomic mass is 15.1. The van der Waals surface area contributed by atoms with Crippen LogP contribution < -0.4 is 11.5 Å². The number of hydrogen-bond donors (Lipinski definition) is 2. The van der Waals surface area contributed by atoms with E-state index in [1.54, 1.807) is 0 Å². The van der Waals surface area contributed by atoms with Gasteiger partial charge in [-0.3, -0.25) is 0 Å². The second kappa shape index (κ2) is 4.96. The minimum Gasteiger partial charge on any atom is -0.370 e. The van der Waals surface area contributed by atoms with E-state index in [2.05, 4.69) is 16.8 Å². The Kier molecular flexibility index (Phi) is 4.61. The van der Waals surface area contributed by atoms with Crippen LogP contribution >= 0.6 is 0 Å². The molecule has 1 unspecified atom stereocenters. The van der Waals surface area contributed by atoms with Crippen molar-refractivity contribution >= 4 is 5.96 Å². The van der Waals surface area contributed by atoms with Crippen LogP contribution in [-0.2, 0) is 0 Å². The smallest absolute Gasteiger partial charge is 0.186 e. The molecule has 0 aromatic heterocycles. The molecule has 1 atom stereocenters. The van der Waals surface area contributed by atoms with Crippen molar-refractivity contribution in [3.8, 4) is 0 Å². The van der Waals surface area contributed by atoms with Gasteiger partial charge >= 0.3 is 0 Å². The SMILES string of the molecule is CCN(C)CC(C)N=C(N)N. The fourth-order valence-corrected chi connectivity index (χ4v) is 0.875. The third kappa shape index (κ3) is 5.66. The van der Waals surface area contributed by atoms with Crippen LogP contribution in [0.2, 0.25) is 0 Å². The average molecular weight is 158 g/mol. The standard InChI is InChI=1S/C7H18N4/c1-4-11(3)5-6(2)10-7(8)9/h6H,4-5H2,1-3H3,(H4,8,9,10). The molecule has 0 saturated carbocycles. The maximum atomic E-state index is 5.22. The van der Waals surface area contributed by atoms with E-state index in [-0.39, 0.29) is 12.0 Å². The third-order valence-corrected chi connectivity index (χ3v) is 1.49. The summed E-state index contributed by atoms with van der Waals surface area (Å²) in [5, 5.41) is 0. The molecule has 0 aromatic carbocycles. The minimum atomic E-state index is 0.169. The first kappa shape index (κ1) is 10.2. The van der Waals surface area contributed by atoms with Crippen LogP contribution in [0.25, 0.3) is 0 Å². The largest absolute Gasteiger partial charge is 0.370 e. The van der Waals surface area contributed by atoms with Crippen LogP contribution in [0.5, 0.6) is 0 Å². The van der Waals surface area contributed by atoms with E-state index in [0.717, 1.165) is 13.1 Å². The molecule has 4 heteroatoms. The molecule has 0 spiro atoms. The number of guanidine groups is 1. The Balaban J connectivity index is 3.69. The second-order valence-corrected chi connectivity index (χ2v) is 2.76. The van der Waals surface area contributed by atoms with E-state index >= 15 is 0 Å². The zero-order valence-electron chi connectivity index (χ0n) is 7.54. The fraction of sp³-hybridized carbons (Fsp3) is 0.857. The lowest BCUT2D eigenvalue weighted by Crippen LogP contribution is -2.30. The molecule has 0 fully saturated rings. The molecule has 0 bridgehead atoms. The lowest BCUT2D eigenvalue weighted by molar-refractivity contribution is 0.334. The summed E-state index contributed by atoms with van der Waals surface area (Å²) in [5.41, 5.74) is 10.4. The average Bonchev–Trinajstić information content (AvgIpc) is 1.85. The van der Waals surface area contributed by atoms with Crippen molar-refractivity contribution in [3.05, 3.63) is 0 Å². The van der Waals surface area contributed by atoms with E-state index in [4.69, 9.17) is 11.5 Å². The molecular weight excluding hydrogens is 140 g/mol. The number of aliphatic imine (C=N–C) groups is 1. The number of rotatable bonds is 4. The summed E-state index contributed by atoms with van der Waals surface area (Å²) in [5.74, 6) is 0.169. The summed E-state index contributed by atoms with van der Waals surface area (Å²) in [6.07, 6.45) is 0. The van der Waals surface area contributed by atoms with Gasteiger partial charge in [0.15, 0.2) is 5.96 Å². The van der Waals surface area contributed by atoms with Gasteiger partial charge in [0.25, 0.3) is 0 Å². The van der Waals surface area contributed by atoms with Gasteiger partial charge in [-0.15, -0.1) is 0 Å². The van der Waals surface area contributed by atoms with Gasteiger partial charge < -0.3 is 16.4 Å². The van der Waals surface area contributed by atoms with E-state index in [9.17, 15) is 0 Å². The molecule has 0 amide bonds. The molecule has 4 nitrogen and oxygen atoms in total. The van der Waals surface area contributed by atoms with Crippen molar-refractivity contribution in [1.82, 2.24) is 4.90 Å². The molecular formula is C7H18N4. The highest BCUT2D eigenvalue weighted by Crippen LogP contribution is 1.91. The molecule has 0 rings (SSSR count). The molecule has 0 aliphatic heterocycles. The molecule has 0 aromatic rings. The predicted octanol–water partition coefficient (Wildman–Crippen LogP) is -0.400. The first-order valence-corrected chi connectivity index (χ1v) is 3.83. The van der Waals surface area contributed by atoms with Crippen molar-refractivity contribution in [2.24, 2.45) is 16.5 Å². The van der Waals surface area contributed by atoms with Gasteiger partial charge in [0, 0.05) is 6.54 Å². The minimum absolute atomic E-state index is 0.169. The maximum Gasteiger partial charge on any atom is 0.186 e. The topological polar surface area (TPSA) is 67.6 Å². The molecule has 4 N–H and O–H groups in total. The highest BCUT2D eigenvalue weighted by Gasteiger charge is 2.01. The molecule has 0 heterocycles. The zero-order valence-corrected chi connectivity index (χ0v) is 7.54. The Labute approximate surface area is 68.3 Å². The van der Waals surface area contributed by atoms with E-state index in [1.165, 1.54) is 0 Å². The summed E-state index contributed by atoms with van der Waals surface area (Å²) < 4.78 is 0.